The molecule has 0 radical (unpaired) electrons. The van der Waals surface area contributed by atoms with E-state index in [2.05, 4.69) is 42.4 Å². The van der Waals surface area contributed by atoms with E-state index in [-0.39, 0.29) is 0 Å². The summed E-state index contributed by atoms with van der Waals surface area (Å²) in [7, 11) is 0. The second-order valence-electron chi connectivity index (χ2n) is 7.58. The van der Waals surface area contributed by atoms with Crippen molar-refractivity contribution in [3.63, 3.8) is 0 Å². The number of hydrogen-bond acceptors (Lipinski definition) is 6. The maximum atomic E-state index is 12.3. The maximum Gasteiger partial charge on any atom is 0.300 e. The van der Waals surface area contributed by atoms with Gasteiger partial charge < -0.3 is 10.6 Å². The lowest BCUT2D eigenvalue weighted by Crippen LogP contribution is -2.08. The van der Waals surface area contributed by atoms with Crippen LogP contribution >= 0.6 is 11.6 Å². The van der Waals surface area contributed by atoms with Gasteiger partial charge in [-0.05, 0) is 48.9 Å². The molecule has 0 spiro atoms. The van der Waals surface area contributed by atoms with E-state index in [9.17, 15) is 4.79 Å². The van der Waals surface area contributed by atoms with E-state index in [1.807, 2.05) is 37.3 Å². The summed E-state index contributed by atoms with van der Waals surface area (Å²) < 4.78 is 1.80. The molecule has 2 N–H and O–H groups in total. The first-order chi connectivity index (χ1) is 17.1. The van der Waals surface area contributed by atoms with E-state index in [4.69, 9.17) is 11.6 Å². The van der Waals surface area contributed by atoms with E-state index in [1.54, 1.807) is 53.9 Å². The molecule has 0 fully saturated rings. The summed E-state index contributed by atoms with van der Waals surface area (Å²) in [5.41, 5.74) is 4.50. The fourth-order valence-corrected chi connectivity index (χ4v) is 3.72. The van der Waals surface area contributed by atoms with Crippen molar-refractivity contribution < 1.29 is 4.79 Å². The molecule has 0 saturated heterocycles. The lowest BCUT2D eigenvalue weighted by atomic mass is 10.2. The molecule has 5 rings (SSSR count). The van der Waals surface area contributed by atoms with Crippen LogP contribution in [0.1, 0.15) is 11.1 Å². The van der Waals surface area contributed by atoms with Gasteiger partial charge in [-0.25, -0.2) is 9.97 Å². The van der Waals surface area contributed by atoms with E-state index < -0.39 is 5.91 Å². The third kappa shape index (κ3) is 4.95. The van der Waals surface area contributed by atoms with E-state index >= 15 is 0 Å². The number of imidazole rings is 1. The van der Waals surface area contributed by atoms with Gasteiger partial charge in [0.05, 0.1) is 34.1 Å². The van der Waals surface area contributed by atoms with Crippen molar-refractivity contribution >= 4 is 45.7 Å². The van der Waals surface area contributed by atoms with Gasteiger partial charge in [-0.2, -0.15) is 0 Å². The van der Waals surface area contributed by atoms with Crippen molar-refractivity contribution in [2.45, 2.75) is 6.92 Å². The normalized spacial score (nSPS) is 10.5. The molecule has 8 nitrogen and oxygen atoms in total. The Kier molecular flexibility index (Phi) is 6.07. The zero-order chi connectivity index (χ0) is 24.2. The Morgan fingerprint density at radius 2 is 1.97 bits per heavy atom. The molecule has 0 atom stereocenters. The smallest absolute Gasteiger partial charge is 0.300 e. The summed E-state index contributed by atoms with van der Waals surface area (Å²) in [6, 6.07) is 14.6. The van der Waals surface area contributed by atoms with Crippen LogP contribution < -0.4 is 10.6 Å². The van der Waals surface area contributed by atoms with Crippen molar-refractivity contribution in [2.75, 3.05) is 10.6 Å². The van der Waals surface area contributed by atoms with Gasteiger partial charge in [0.15, 0.2) is 11.6 Å². The quantitative estimate of drug-likeness (QED) is 0.355. The molecule has 3 aromatic heterocycles. The highest BCUT2D eigenvalue weighted by Gasteiger charge is 2.11. The van der Waals surface area contributed by atoms with Crippen LogP contribution in [0.15, 0.2) is 79.6 Å². The molecule has 0 saturated carbocycles. The van der Waals surface area contributed by atoms with Gasteiger partial charge in [0.1, 0.15) is 6.33 Å². The van der Waals surface area contributed by atoms with Gasteiger partial charge in [-0.1, -0.05) is 29.7 Å². The fourth-order valence-electron chi connectivity index (χ4n) is 3.45. The van der Waals surface area contributed by atoms with Crippen LogP contribution in [0.2, 0.25) is 5.02 Å². The number of anilines is 3. The molecule has 0 aliphatic rings. The fraction of sp³-hybridized carbons (Fsp3) is 0.0385. The second kappa shape index (κ2) is 9.63. The molecule has 1 amide bonds. The number of rotatable bonds is 4. The van der Waals surface area contributed by atoms with Crippen LogP contribution in [0, 0.1) is 18.8 Å². The predicted molar refractivity (Wildman–Crippen MR) is 136 cm³/mol. The molecular formula is C26H18ClN7O. The minimum Gasteiger partial charge on any atom is -0.337 e. The first kappa shape index (κ1) is 22.1. The van der Waals surface area contributed by atoms with E-state index in [1.165, 1.54) is 0 Å². The highest BCUT2D eigenvalue weighted by atomic mass is 35.5. The van der Waals surface area contributed by atoms with E-state index in [0.29, 0.717) is 27.9 Å². The van der Waals surface area contributed by atoms with Gasteiger partial charge in [0.2, 0.25) is 0 Å². The highest BCUT2D eigenvalue weighted by Crippen LogP contribution is 2.28. The molecule has 0 aliphatic carbocycles. The molecule has 5 aromatic rings. The average molecular weight is 480 g/mol. The van der Waals surface area contributed by atoms with Gasteiger partial charge in [-0.15, -0.1) is 0 Å². The van der Waals surface area contributed by atoms with Gasteiger partial charge in [-0.3, -0.25) is 19.3 Å². The molecule has 9 heteroatoms. The maximum absolute atomic E-state index is 12.3. The SMILES string of the molecule is Cc1cccc(Cl)c1Nc1cncc(-n2cnc3ccc(NC(=O)C#Cc4cccnc4)cc32)n1. The number of halogens is 1. The summed E-state index contributed by atoms with van der Waals surface area (Å²) >= 11 is 6.34. The highest BCUT2D eigenvalue weighted by molar-refractivity contribution is 6.33. The molecule has 0 aliphatic heterocycles. The monoisotopic (exact) mass is 479 g/mol. The Morgan fingerprint density at radius 1 is 1.06 bits per heavy atom. The molecule has 2 aromatic carbocycles. The van der Waals surface area contributed by atoms with Crippen molar-refractivity contribution in [1.82, 2.24) is 24.5 Å². The van der Waals surface area contributed by atoms with Crippen LogP contribution in [0.3, 0.4) is 0 Å². The van der Waals surface area contributed by atoms with Crippen LogP contribution in [-0.4, -0.2) is 30.4 Å². The van der Waals surface area contributed by atoms with Crippen molar-refractivity contribution in [3.8, 4) is 17.7 Å². The average Bonchev–Trinajstić information content (AvgIpc) is 3.29. The number of fused-ring (bicyclic) bond motifs is 1. The van der Waals surface area contributed by atoms with E-state index in [0.717, 1.165) is 22.3 Å². The Balaban J connectivity index is 1.41. The van der Waals surface area contributed by atoms with Crippen molar-refractivity contribution in [1.29, 1.82) is 0 Å². The first-order valence-electron chi connectivity index (χ1n) is 10.6. The lowest BCUT2D eigenvalue weighted by Gasteiger charge is -2.12. The molecule has 0 bridgehead atoms. The Labute approximate surface area is 206 Å². The molecular weight excluding hydrogens is 462 g/mol. The number of carbonyl (C=O) groups is 1. The van der Waals surface area contributed by atoms with Gasteiger partial charge >= 0.3 is 5.91 Å². The van der Waals surface area contributed by atoms with Crippen LogP contribution in [0.4, 0.5) is 17.2 Å². The van der Waals surface area contributed by atoms with Gasteiger partial charge in [0.25, 0.3) is 0 Å². The number of nitrogens with zero attached hydrogens (tertiary/aromatic N) is 5. The summed E-state index contributed by atoms with van der Waals surface area (Å²) in [5.74, 6) is 6.03. The number of aryl methyl sites for hydroxylation is 1. The predicted octanol–water partition coefficient (Wildman–Crippen LogP) is 4.91. The topological polar surface area (TPSA) is 97.6 Å². The Morgan fingerprint density at radius 3 is 2.80 bits per heavy atom. The number of aromatic nitrogens is 5. The number of benzene rings is 2. The standard InChI is InChI=1S/C26H18ClN7O/c1-17-4-2-6-20(27)26(17)33-23-14-29-15-24(32-23)34-16-30-21-9-8-19(12-22(21)34)31-25(35)10-7-18-5-3-11-28-13-18/h2-6,8-9,11-16H,1H3,(H,31,35)(H,32,33). The third-order valence-corrected chi connectivity index (χ3v) is 5.45. The second-order valence-corrected chi connectivity index (χ2v) is 7.99. The zero-order valence-electron chi connectivity index (χ0n) is 18.5. The summed E-state index contributed by atoms with van der Waals surface area (Å²) in [6.07, 6.45) is 8.17. The zero-order valence-corrected chi connectivity index (χ0v) is 19.3. The summed E-state index contributed by atoms with van der Waals surface area (Å²) in [4.78, 5) is 29.7. The number of para-hydroxylation sites is 1. The molecule has 3 heterocycles. The van der Waals surface area contributed by atoms with Crippen LogP contribution in [0.5, 0.6) is 0 Å². The summed E-state index contributed by atoms with van der Waals surface area (Å²) in [6.45, 7) is 1.96. The largest absolute Gasteiger partial charge is 0.337 e. The summed E-state index contributed by atoms with van der Waals surface area (Å²) in [5, 5.41) is 6.63. The van der Waals surface area contributed by atoms with Crippen molar-refractivity contribution in [2.24, 2.45) is 0 Å². The number of hydrogen-bond donors (Lipinski definition) is 2. The minimum atomic E-state index is -0.430. The molecule has 35 heavy (non-hydrogen) atoms. The Hall–Kier alpha value is -4.74. The first-order valence-corrected chi connectivity index (χ1v) is 11.0. The number of nitrogens with one attached hydrogen (secondary N) is 2. The minimum absolute atomic E-state index is 0.430. The number of carbonyl (C=O) groups excluding carboxylic acids is 1. The molecule has 0 unspecified atom stereocenters. The van der Waals surface area contributed by atoms with Gasteiger partial charge in [0, 0.05) is 29.6 Å². The van der Waals surface area contributed by atoms with Crippen LogP contribution in [0.25, 0.3) is 16.9 Å². The number of amides is 1. The van der Waals surface area contributed by atoms with Crippen molar-refractivity contribution in [3.05, 3.63) is 95.8 Å². The third-order valence-electron chi connectivity index (χ3n) is 5.13. The molecule has 170 valence electrons. The Bertz CT molecular complexity index is 1580. The number of pyridine rings is 1. The lowest BCUT2D eigenvalue weighted by molar-refractivity contribution is -0.111. The van der Waals surface area contributed by atoms with Crippen LogP contribution in [-0.2, 0) is 4.79 Å².